The number of carbonyl (C=O) groups excluding carboxylic acids is 2. The molecule has 1 atom stereocenters. The highest BCUT2D eigenvalue weighted by Crippen LogP contribution is 2.28. The zero-order valence-corrected chi connectivity index (χ0v) is 21.0. The number of rotatable bonds is 7. The highest BCUT2D eigenvalue weighted by molar-refractivity contribution is 6.04. The molecule has 0 heterocycles. The maximum atomic E-state index is 12.8. The van der Waals surface area contributed by atoms with Gasteiger partial charge in [-0.3, -0.25) is 4.79 Å². The average Bonchev–Trinajstić information content (AvgIpc) is 2.93. The number of aryl methyl sites for hydroxylation is 1. The van der Waals surface area contributed by atoms with E-state index in [-0.39, 0.29) is 0 Å². The van der Waals surface area contributed by atoms with Crippen molar-refractivity contribution in [1.29, 1.82) is 0 Å². The maximum absolute atomic E-state index is 12.8. The van der Waals surface area contributed by atoms with Gasteiger partial charge in [-0.25, -0.2) is 10.2 Å². The van der Waals surface area contributed by atoms with Crippen molar-refractivity contribution in [2.75, 3.05) is 0 Å². The van der Waals surface area contributed by atoms with Gasteiger partial charge in [0, 0.05) is 5.56 Å². The van der Waals surface area contributed by atoms with Crippen molar-refractivity contribution in [3.8, 4) is 11.5 Å². The molecule has 0 saturated heterocycles. The van der Waals surface area contributed by atoms with Crippen LogP contribution in [0.2, 0.25) is 0 Å². The van der Waals surface area contributed by atoms with Crippen molar-refractivity contribution >= 4 is 39.6 Å². The smallest absolute Gasteiger partial charge is 0.343 e. The summed E-state index contributed by atoms with van der Waals surface area (Å²) in [6, 6.07) is 32.1. The van der Waals surface area contributed by atoms with Gasteiger partial charge >= 0.3 is 5.97 Å². The monoisotopic (exact) mass is 502 g/mol. The number of nitrogens with zero attached hydrogens (tertiary/aromatic N) is 1. The summed E-state index contributed by atoms with van der Waals surface area (Å²) in [5.41, 5.74) is 4.53. The molecular weight excluding hydrogens is 476 g/mol. The predicted molar refractivity (Wildman–Crippen MR) is 150 cm³/mol. The second-order valence-corrected chi connectivity index (χ2v) is 8.96. The molecule has 1 N–H and O–H groups in total. The van der Waals surface area contributed by atoms with Crippen LogP contribution in [0.25, 0.3) is 21.5 Å². The summed E-state index contributed by atoms with van der Waals surface area (Å²) in [6.45, 7) is 3.57. The standard InChI is InChI=1S/C32H26N2O4/c1-21-8-7-12-26(18-21)32(36)38-30-17-15-24-10-5-6-13-28(24)29(30)20-33-34-31(35)22(2)37-27-16-14-23-9-3-4-11-25(23)19-27/h3-20,22H,1-2H3,(H,34,35)/b33-20-/t22-/m0/s1. The van der Waals surface area contributed by atoms with Crippen LogP contribution in [0.15, 0.2) is 108 Å². The highest BCUT2D eigenvalue weighted by Gasteiger charge is 2.16. The topological polar surface area (TPSA) is 77.0 Å². The fraction of sp³-hybridized carbons (Fsp3) is 0.0938. The summed E-state index contributed by atoms with van der Waals surface area (Å²) in [6.07, 6.45) is 0.710. The SMILES string of the molecule is Cc1cccc(C(=O)Oc2ccc3ccccc3c2/C=N\NC(=O)[C@H](C)Oc2ccc3ccccc3c2)c1. The van der Waals surface area contributed by atoms with Crippen LogP contribution in [0.5, 0.6) is 11.5 Å². The number of ether oxygens (including phenoxy) is 2. The number of fused-ring (bicyclic) bond motifs is 2. The molecule has 0 fully saturated rings. The van der Waals surface area contributed by atoms with Crippen LogP contribution in [0.4, 0.5) is 0 Å². The van der Waals surface area contributed by atoms with Gasteiger partial charge in [0.1, 0.15) is 11.5 Å². The van der Waals surface area contributed by atoms with Gasteiger partial charge in [-0.05, 0) is 65.7 Å². The Morgan fingerprint density at radius 1 is 0.816 bits per heavy atom. The van der Waals surface area contributed by atoms with E-state index in [4.69, 9.17) is 9.47 Å². The summed E-state index contributed by atoms with van der Waals surface area (Å²) < 4.78 is 11.6. The Morgan fingerprint density at radius 2 is 1.55 bits per heavy atom. The molecule has 0 aliphatic carbocycles. The molecule has 188 valence electrons. The molecule has 5 aromatic carbocycles. The fourth-order valence-corrected chi connectivity index (χ4v) is 4.18. The molecule has 0 aliphatic rings. The van der Waals surface area contributed by atoms with Gasteiger partial charge in [0.25, 0.3) is 5.91 Å². The number of esters is 1. The van der Waals surface area contributed by atoms with E-state index < -0.39 is 18.0 Å². The lowest BCUT2D eigenvalue weighted by molar-refractivity contribution is -0.127. The molecule has 0 unspecified atom stereocenters. The third-order valence-corrected chi connectivity index (χ3v) is 6.16. The van der Waals surface area contributed by atoms with Crippen LogP contribution in [0.1, 0.15) is 28.4 Å². The van der Waals surface area contributed by atoms with E-state index >= 15 is 0 Å². The molecule has 6 heteroatoms. The minimum atomic E-state index is -0.778. The van der Waals surface area contributed by atoms with E-state index in [2.05, 4.69) is 10.5 Å². The van der Waals surface area contributed by atoms with Gasteiger partial charge in [0.2, 0.25) is 0 Å². The van der Waals surface area contributed by atoms with Gasteiger partial charge in [0.15, 0.2) is 6.10 Å². The van der Waals surface area contributed by atoms with Crippen LogP contribution < -0.4 is 14.9 Å². The first-order chi connectivity index (χ1) is 18.5. The Labute approximate surface area is 220 Å². The first kappa shape index (κ1) is 24.7. The molecular formula is C32H26N2O4. The number of nitrogens with one attached hydrogen (secondary N) is 1. The summed E-state index contributed by atoms with van der Waals surface area (Å²) in [5, 5.41) is 8.07. The van der Waals surface area contributed by atoms with Crippen molar-refractivity contribution in [2.24, 2.45) is 5.10 Å². The lowest BCUT2D eigenvalue weighted by Crippen LogP contribution is -2.33. The average molecular weight is 503 g/mol. The first-order valence-corrected chi connectivity index (χ1v) is 12.3. The molecule has 0 aromatic heterocycles. The summed E-state index contributed by atoms with van der Waals surface area (Å²) in [7, 11) is 0. The van der Waals surface area contributed by atoms with Crippen LogP contribution in [-0.4, -0.2) is 24.2 Å². The van der Waals surface area contributed by atoms with Gasteiger partial charge < -0.3 is 9.47 Å². The second-order valence-electron chi connectivity index (χ2n) is 8.96. The quantitative estimate of drug-likeness (QED) is 0.120. The Hall–Kier alpha value is -4.97. The molecule has 0 bridgehead atoms. The van der Waals surface area contributed by atoms with Gasteiger partial charge in [-0.15, -0.1) is 0 Å². The van der Waals surface area contributed by atoms with Crippen molar-refractivity contribution < 1.29 is 19.1 Å². The van der Waals surface area contributed by atoms with Gasteiger partial charge in [-0.1, -0.05) is 78.4 Å². The third kappa shape index (κ3) is 5.55. The predicted octanol–water partition coefficient (Wildman–Crippen LogP) is 6.44. The lowest BCUT2D eigenvalue weighted by atomic mass is 10.0. The molecule has 0 aliphatic heterocycles. The Balaban J connectivity index is 1.33. The van der Waals surface area contributed by atoms with Crippen molar-refractivity contribution in [2.45, 2.75) is 20.0 Å². The molecule has 0 spiro atoms. The molecule has 5 rings (SSSR count). The van der Waals surface area contributed by atoms with Crippen molar-refractivity contribution in [3.05, 3.63) is 120 Å². The van der Waals surface area contributed by atoms with Crippen LogP contribution in [0, 0.1) is 6.92 Å². The Kier molecular flexibility index (Phi) is 7.13. The number of benzene rings is 5. The van der Waals surface area contributed by atoms with Crippen molar-refractivity contribution in [1.82, 2.24) is 5.43 Å². The van der Waals surface area contributed by atoms with E-state index in [9.17, 15) is 9.59 Å². The van der Waals surface area contributed by atoms with Gasteiger partial charge in [-0.2, -0.15) is 5.10 Å². The Bertz CT molecular complexity index is 1680. The molecule has 1 amide bonds. The molecule has 0 saturated carbocycles. The van der Waals surface area contributed by atoms with Crippen LogP contribution >= 0.6 is 0 Å². The van der Waals surface area contributed by atoms with Crippen molar-refractivity contribution in [3.63, 3.8) is 0 Å². The minimum Gasteiger partial charge on any atom is -0.481 e. The fourth-order valence-electron chi connectivity index (χ4n) is 4.18. The number of hydrazone groups is 1. The number of amides is 1. The van der Waals surface area contributed by atoms with Crippen LogP contribution in [-0.2, 0) is 4.79 Å². The third-order valence-electron chi connectivity index (χ3n) is 6.16. The molecule has 38 heavy (non-hydrogen) atoms. The summed E-state index contributed by atoms with van der Waals surface area (Å²) in [4.78, 5) is 25.5. The van der Waals surface area contributed by atoms with E-state index in [1.165, 1.54) is 6.21 Å². The van der Waals surface area contributed by atoms with Crippen LogP contribution in [0.3, 0.4) is 0 Å². The first-order valence-electron chi connectivity index (χ1n) is 12.3. The number of hydrogen-bond donors (Lipinski definition) is 1. The second kappa shape index (κ2) is 11.0. The molecule has 5 aromatic rings. The molecule has 0 radical (unpaired) electrons. The molecule has 6 nitrogen and oxygen atoms in total. The Morgan fingerprint density at radius 3 is 2.37 bits per heavy atom. The number of hydrogen-bond acceptors (Lipinski definition) is 5. The lowest BCUT2D eigenvalue weighted by Gasteiger charge is -2.14. The minimum absolute atomic E-state index is 0.341. The van der Waals surface area contributed by atoms with E-state index in [1.807, 2.05) is 91.9 Å². The normalized spacial score (nSPS) is 11.9. The van der Waals surface area contributed by atoms with E-state index in [0.29, 0.717) is 22.6 Å². The summed E-state index contributed by atoms with van der Waals surface area (Å²) in [5.74, 6) is 0.0522. The largest absolute Gasteiger partial charge is 0.481 e. The van der Waals surface area contributed by atoms with E-state index in [1.54, 1.807) is 25.1 Å². The highest BCUT2D eigenvalue weighted by atomic mass is 16.5. The number of carbonyl (C=O) groups is 2. The zero-order chi connectivity index (χ0) is 26.5. The zero-order valence-electron chi connectivity index (χ0n) is 21.0. The van der Waals surface area contributed by atoms with E-state index in [0.717, 1.165) is 27.1 Å². The maximum Gasteiger partial charge on any atom is 0.343 e. The summed E-state index contributed by atoms with van der Waals surface area (Å²) >= 11 is 0. The van der Waals surface area contributed by atoms with Gasteiger partial charge in [0.05, 0.1) is 11.8 Å².